The highest BCUT2D eigenvalue weighted by molar-refractivity contribution is 5.73. The summed E-state index contributed by atoms with van der Waals surface area (Å²) >= 11 is 0. The minimum atomic E-state index is -0.940. The molecule has 4 heteroatoms. The van der Waals surface area contributed by atoms with E-state index in [4.69, 9.17) is 10.8 Å². The lowest BCUT2D eigenvalue weighted by molar-refractivity contribution is -0.138. The van der Waals surface area contributed by atoms with Crippen LogP contribution in [0.5, 0.6) is 0 Å². The van der Waals surface area contributed by atoms with Gasteiger partial charge in [0.2, 0.25) is 0 Å². The molecule has 3 N–H and O–H groups in total. The molecule has 0 aliphatic carbocycles. The number of nitrogens with zero attached hydrogens (tertiary/aromatic N) is 1. The summed E-state index contributed by atoms with van der Waals surface area (Å²) in [6.07, 6.45) is 0.455. The first-order chi connectivity index (χ1) is 8.04. The second kappa shape index (κ2) is 6.25. The molecule has 0 bridgehead atoms. The van der Waals surface area contributed by atoms with Crippen molar-refractivity contribution in [2.24, 2.45) is 5.73 Å². The van der Waals surface area contributed by atoms with Crippen LogP contribution in [0, 0.1) is 6.92 Å². The van der Waals surface area contributed by atoms with Crippen molar-refractivity contribution in [1.82, 2.24) is 0 Å². The number of carboxylic acids is 1. The number of carbonyl (C=O) groups is 1. The van der Waals surface area contributed by atoms with Gasteiger partial charge in [-0.3, -0.25) is 4.79 Å². The fraction of sp³-hybridized carbons (Fsp3) is 0.462. The molecule has 94 valence electrons. The van der Waals surface area contributed by atoms with Crippen LogP contribution in [-0.4, -0.2) is 30.2 Å². The summed E-state index contributed by atoms with van der Waals surface area (Å²) in [6.45, 7) is 5.60. The molecule has 0 aliphatic heterocycles. The van der Waals surface area contributed by atoms with Gasteiger partial charge in [-0.2, -0.15) is 0 Å². The Morgan fingerprint density at radius 3 is 2.76 bits per heavy atom. The quantitative estimate of drug-likeness (QED) is 0.787. The van der Waals surface area contributed by atoms with E-state index in [0.717, 1.165) is 12.2 Å². The van der Waals surface area contributed by atoms with E-state index in [2.05, 4.69) is 17.9 Å². The van der Waals surface area contributed by atoms with Crippen LogP contribution in [0.3, 0.4) is 0 Å². The van der Waals surface area contributed by atoms with E-state index in [-0.39, 0.29) is 0 Å². The number of hydrogen-bond donors (Lipinski definition) is 2. The standard InChI is InChI=1S/C13H20N2O2/c1-3-15(8-7-12(14)13(16)17)11-6-4-5-10(2)9-11/h4-6,9,12H,3,7-8,14H2,1-2H3,(H,16,17). The monoisotopic (exact) mass is 236 g/mol. The van der Waals surface area contributed by atoms with Gasteiger partial charge < -0.3 is 15.7 Å². The Hall–Kier alpha value is -1.55. The predicted molar refractivity (Wildman–Crippen MR) is 69.3 cm³/mol. The third kappa shape index (κ3) is 4.07. The average molecular weight is 236 g/mol. The Balaban J connectivity index is 2.63. The van der Waals surface area contributed by atoms with Crippen molar-refractivity contribution < 1.29 is 9.90 Å². The highest BCUT2D eigenvalue weighted by Crippen LogP contribution is 2.16. The molecule has 4 nitrogen and oxygen atoms in total. The largest absolute Gasteiger partial charge is 0.480 e. The van der Waals surface area contributed by atoms with Crippen LogP contribution in [0.15, 0.2) is 24.3 Å². The van der Waals surface area contributed by atoms with Crippen LogP contribution in [0.4, 0.5) is 5.69 Å². The van der Waals surface area contributed by atoms with Crippen molar-refractivity contribution in [2.45, 2.75) is 26.3 Å². The third-order valence-electron chi connectivity index (χ3n) is 2.78. The van der Waals surface area contributed by atoms with Gasteiger partial charge in [0.15, 0.2) is 0 Å². The molecule has 1 aromatic carbocycles. The topological polar surface area (TPSA) is 66.6 Å². The summed E-state index contributed by atoms with van der Waals surface area (Å²) in [4.78, 5) is 12.8. The highest BCUT2D eigenvalue weighted by Gasteiger charge is 2.13. The molecule has 0 saturated heterocycles. The lowest BCUT2D eigenvalue weighted by Crippen LogP contribution is -2.35. The Morgan fingerprint density at radius 1 is 1.53 bits per heavy atom. The Kier molecular flexibility index (Phi) is 4.97. The van der Waals surface area contributed by atoms with Crippen molar-refractivity contribution >= 4 is 11.7 Å². The number of anilines is 1. The van der Waals surface area contributed by atoms with Crippen molar-refractivity contribution in [2.75, 3.05) is 18.0 Å². The zero-order valence-electron chi connectivity index (χ0n) is 10.4. The van der Waals surface area contributed by atoms with Gasteiger partial charge in [0.1, 0.15) is 6.04 Å². The maximum Gasteiger partial charge on any atom is 0.320 e. The summed E-state index contributed by atoms with van der Waals surface area (Å²) in [6, 6.07) is 7.39. The summed E-state index contributed by atoms with van der Waals surface area (Å²) in [5, 5.41) is 8.74. The average Bonchev–Trinajstić information content (AvgIpc) is 2.29. The maximum atomic E-state index is 10.6. The van der Waals surface area contributed by atoms with E-state index in [1.165, 1.54) is 5.56 Å². The second-order valence-electron chi connectivity index (χ2n) is 4.15. The van der Waals surface area contributed by atoms with Crippen molar-refractivity contribution in [3.63, 3.8) is 0 Å². The fourth-order valence-electron chi connectivity index (χ4n) is 1.71. The van der Waals surface area contributed by atoms with Crippen LogP contribution < -0.4 is 10.6 Å². The van der Waals surface area contributed by atoms with Crippen LogP contribution in [0.2, 0.25) is 0 Å². The zero-order chi connectivity index (χ0) is 12.8. The third-order valence-corrected chi connectivity index (χ3v) is 2.78. The summed E-state index contributed by atoms with van der Waals surface area (Å²) in [5.74, 6) is -0.940. The number of carboxylic acid groups (broad SMARTS) is 1. The van der Waals surface area contributed by atoms with E-state index in [1.807, 2.05) is 25.1 Å². The normalized spacial score (nSPS) is 12.2. The molecule has 1 atom stereocenters. The Labute approximate surface area is 102 Å². The van der Waals surface area contributed by atoms with E-state index in [0.29, 0.717) is 13.0 Å². The summed E-state index contributed by atoms with van der Waals surface area (Å²) in [7, 11) is 0. The second-order valence-corrected chi connectivity index (χ2v) is 4.15. The molecule has 0 heterocycles. The van der Waals surface area contributed by atoms with Gasteiger partial charge >= 0.3 is 5.97 Å². The maximum absolute atomic E-state index is 10.6. The minimum Gasteiger partial charge on any atom is -0.480 e. The molecule has 1 unspecified atom stereocenters. The molecule has 0 aliphatic rings. The summed E-state index contributed by atoms with van der Waals surface area (Å²) in [5.41, 5.74) is 7.81. The molecular weight excluding hydrogens is 216 g/mol. The Bertz CT molecular complexity index is 379. The van der Waals surface area contributed by atoms with E-state index >= 15 is 0 Å². The molecule has 17 heavy (non-hydrogen) atoms. The van der Waals surface area contributed by atoms with Gasteiger partial charge in [0, 0.05) is 18.8 Å². The molecule has 0 fully saturated rings. The SMILES string of the molecule is CCN(CCC(N)C(=O)O)c1cccc(C)c1. The molecule has 0 aromatic heterocycles. The first-order valence-electron chi connectivity index (χ1n) is 5.84. The van der Waals surface area contributed by atoms with Crippen molar-refractivity contribution in [1.29, 1.82) is 0 Å². The Morgan fingerprint density at radius 2 is 2.24 bits per heavy atom. The smallest absolute Gasteiger partial charge is 0.320 e. The van der Waals surface area contributed by atoms with Gasteiger partial charge in [-0.15, -0.1) is 0 Å². The van der Waals surface area contributed by atoms with Crippen LogP contribution >= 0.6 is 0 Å². The van der Waals surface area contributed by atoms with Crippen molar-refractivity contribution in [3.05, 3.63) is 29.8 Å². The van der Waals surface area contributed by atoms with Crippen LogP contribution in [0.25, 0.3) is 0 Å². The molecule has 0 radical (unpaired) electrons. The molecule has 0 spiro atoms. The van der Waals surface area contributed by atoms with E-state index < -0.39 is 12.0 Å². The lowest BCUT2D eigenvalue weighted by Gasteiger charge is -2.24. The van der Waals surface area contributed by atoms with Crippen LogP contribution in [-0.2, 0) is 4.79 Å². The van der Waals surface area contributed by atoms with E-state index in [1.54, 1.807) is 0 Å². The number of aryl methyl sites for hydroxylation is 1. The van der Waals surface area contributed by atoms with Gasteiger partial charge in [-0.1, -0.05) is 12.1 Å². The number of benzene rings is 1. The number of hydrogen-bond acceptors (Lipinski definition) is 3. The fourth-order valence-corrected chi connectivity index (χ4v) is 1.71. The van der Waals surface area contributed by atoms with Crippen LogP contribution in [0.1, 0.15) is 18.9 Å². The molecule has 1 rings (SSSR count). The number of aliphatic carboxylic acids is 1. The van der Waals surface area contributed by atoms with Gasteiger partial charge in [-0.05, 0) is 38.0 Å². The highest BCUT2D eigenvalue weighted by atomic mass is 16.4. The number of nitrogens with two attached hydrogens (primary N) is 1. The van der Waals surface area contributed by atoms with Gasteiger partial charge in [-0.25, -0.2) is 0 Å². The first kappa shape index (κ1) is 13.5. The molecular formula is C13H20N2O2. The number of rotatable bonds is 6. The lowest BCUT2D eigenvalue weighted by atomic mass is 10.1. The van der Waals surface area contributed by atoms with Gasteiger partial charge in [0.05, 0.1) is 0 Å². The summed E-state index contributed by atoms with van der Waals surface area (Å²) < 4.78 is 0. The minimum absolute atomic E-state index is 0.455. The van der Waals surface area contributed by atoms with Crippen molar-refractivity contribution in [3.8, 4) is 0 Å². The molecule has 0 saturated carbocycles. The van der Waals surface area contributed by atoms with Gasteiger partial charge in [0.25, 0.3) is 0 Å². The molecule has 0 amide bonds. The zero-order valence-corrected chi connectivity index (χ0v) is 10.4. The van der Waals surface area contributed by atoms with E-state index in [9.17, 15) is 4.79 Å². The molecule has 1 aromatic rings. The predicted octanol–water partition coefficient (Wildman–Crippen LogP) is 1.62. The first-order valence-corrected chi connectivity index (χ1v) is 5.84.